The third-order valence-corrected chi connectivity index (χ3v) is 5.19. The molecule has 2 heterocycles. The molecule has 0 spiro atoms. The van der Waals surface area contributed by atoms with Crippen molar-refractivity contribution in [3.05, 3.63) is 21.5 Å². The molecule has 3 rings (SSSR count). The van der Waals surface area contributed by atoms with Gasteiger partial charge in [-0.1, -0.05) is 0 Å². The van der Waals surface area contributed by atoms with Crippen LogP contribution in [0.2, 0.25) is 0 Å². The first-order chi connectivity index (χ1) is 8.66. The zero-order chi connectivity index (χ0) is 12.7. The number of benzene rings is 1. The fraction of sp³-hybridized carbons (Fsp3) is 0.417. The molecule has 1 fully saturated rings. The third kappa shape index (κ3) is 2.09. The molecule has 0 radical (unpaired) electrons. The number of aromatic nitrogens is 2. The topological polar surface area (TPSA) is 43.8 Å². The molecule has 2 N–H and O–H groups in total. The molecular weight excluding hydrogens is 364 g/mol. The molecule has 0 aliphatic carbocycles. The second-order valence-electron chi connectivity index (χ2n) is 4.44. The highest BCUT2D eigenvalue weighted by atomic mass is 127. The quantitative estimate of drug-likeness (QED) is 0.775. The van der Waals surface area contributed by atoms with Gasteiger partial charge in [-0.25, -0.2) is 9.37 Å². The van der Waals surface area contributed by atoms with Crippen molar-refractivity contribution >= 4 is 51.3 Å². The Morgan fingerprint density at radius 1 is 1.39 bits per heavy atom. The second-order valence-corrected chi connectivity index (χ2v) is 6.83. The molecule has 2 aromatic rings. The van der Waals surface area contributed by atoms with Crippen LogP contribution < -0.4 is 5.73 Å². The summed E-state index contributed by atoms with van der Waals surface area (Å²) in [4.78, 5) is 4.35. The van der Waals surface area contributed by atoms with Gasteiger partial charge in [0, 0.05) is 12.1 Å². The van der Waals surface area contributed by atoms with Gasteiger partial charge < -0.3 is 10.3 Å². The van der Waals surface area contributed by atoms with Gasteiger partial charge in [0.2, 0.25) is 5.95 Å². The highest BCUT2D eigenvalue weighted by molar-refractivity contribution is 14.1. The molecule has 6 heteroatoms. The first-order valence-corrected chi connectivity index (χ1v) is 8.10. The Labute approximate surface area is 122 Å². The number of thioether (sulfide) groups is 1. The van der Waals surface area contributed by atoms with E-state index in [1.165, 1.54) is 0 Å². The van der Waals surface area contributed by atoms with Crippen LogP contribution in [0.5, 0.6) is 0 Å². The highest BCUT2D eigenvalue weighted by Gasteiger charge is 2.21. The molecule has 3 nitrogen and oxygen atoms in total. The number of nitrogens with two attached hydrogens (primary N) is 1. The second kappa shape index (κ2) is 4.88. The highest BCUT2D eigenvalue weighted by Crippen LogP contribution is 2.33. The van der Waals surface area contributed by atoms with Crippen molar-refractivity contribution in [2.45, 2.75) is 18.9 Å². The van der Waals surface area contributed by atoms with Gasteiger partial charge in [-0.2, -0.15) is 11.8 Å². The van der Waals surface area contributed by atoms with E-state index in [2.05, 4.69) is 4.98 Å². The fourth-order valence-corrected chi connectivity index (χ4v) is 3.97. The molecule has 0 saturated carbocycles. The van der Waals surface area contributed by atoms with Crippen molar-refractivity contribution in [3.8, 4) is 0 Å². The van der Waals surface area contributed by atoms with Gasteiger partial charge in [-0.15, -0.1) is 0 Å². The number of imidazole rings is 1. The lowest BCUT2D eigenvalue weighted by molar-refractivity contribution is 0.486. The SMILES string of the molecule is Nc1nc2cc(I)c(F)cc2n1C1CCSCC1. The number of hydrogen-bond acceptors (Lipinski definition) is 3. The van der Waals surface area contributed by atoms with E-state index in [9.17, 15) is 4.39 Å². The molecule has 1 aliphatic rings. The lowest BCUT2D eigenvalue weighted by atomic mass is 10.1. The molecule has 1 aromatic heterocycles. The summed E-state index contributed by atoms with van der Waals surface area (Å²) >= 11 is 3.94. The summed E-state index contributed by atoms with van der Waals surface area (Å²) in [5.41, 5.74) is 7.61. The maximum atomic E-state index is 13.7. The lowest BCUT2D eigenvalue weighted by Gasteiger charge is -2.24. The van der Waals surface area contributed by atoms with Gasteiger partial charge in [-0.05, 0) is 53.0 Å². The predicted molar refractivity (Wildman–Crippen MR) is 82.4 cm³/mol. The van der Waals surface area contributed by atoms with E-state index in [-0.39, 0.29) is 5.82 Å². The van der Waals surface area contributed by atoms with E-state index in [1.807, 2.05) is 38.9 Å². The number of hydrogen-bond donors (Lipinski definition) is 1. The minimum Gasteiger partial charge on any atom is -0.369 e. The number of halogens is 2. The molecule has 0 atom stereocenters. The Bertz CT molecular complexity index is 593. The van der Waals surface area contributed by atoms with Gasteiger partial charge in [-0.3, -0.25) is 0 Å². The van der Waals surface area contributed by atoms with Crippen LogP contribution in [0.15, 0.2) is 12.1 Å². The maximum Gasteiger partial charge on any atom is 0.201 e. The van der Waals surface area contributed by atoms with E-state index in [4.69, 9.17) is 5.73 Å². The summed E-state index contributed by atoms with van der Waals surface area (Å²) < 4.78 is 16.3. The average Bonchev–Trinajstić information content (AvgIpc) is 2.66. The van der Waals surface area contributed by atoms with Crippen LogP contribution in [-0.2, 0) is 0 Å². The monoisotopic (exact) mass is 377 g/mol. The minimum absolute atomic E-state index is 0.200. The van der Waals surface area contributed by atoms with E-state index in [1.54, 1.807) is 12.1 Å². The largest absolute Gasteiger partial charge is 0.369 e. The van der Waals surface area contributed by atoms with Crippen molar-refractivity contribution < 1.29 is 4.39 Å². The zero-order valence-corrected chi connectivity index (χ0v) is 12.7. The van der Waals surface area contributed by atoms with Gasteiger partial charge >= 0.3 is 0 Å². The zero-order valence-electron chi connectivity index (χ0n) is 9.70. The molecule has 0 amide bonds. The van der Waals surface area contributed by atoms with Gasteiger partial charge in [0.05, 0.1) is 14.6 Å². The van der Waals surface area contributed by atoms with E-state index in [0.29, 0.717) is 15.6 Å². The van der Waals surface area contributed by atoms with Crippen LogP contribution >= 0.6 is 34.4 Å². The summed E-state index contributed by atoms with van der Waals surface area (Å²) in [6.45, 7) is 0. The average molecular weight is 377 g/mol. The summed E-state index contributed by atoms with van der Waals surface area (Å²) in [5, 5.41) is 0. The Morgan fingerprint density at radius 2 is 2.11 bits per heavy atom. The minimum atomic E-state index is -0.200. The summed E-state index contributed by atoms with van der Waals surface area (Å²) in [5.74, 6) is 2.57. The van der Waals surface area contributed by atoms with Crippen LogP contribution in [0.3, 0.4) is 0 Å². The predicted octanol–water partition coefficient (Wildman–Crippen LogP) is 3.43. The van der Waals surface area contributed by atoms with Crippen molar-refractivity contribution in [2.75, 3.05) is 17.2 Å². The molecule has 1 saturated heterocycles. The van der Waals surface area contributed by atoms with Gasteiger partial charge in [0.15, 0.2) is 0 Å². The molecular formula is C12H13FIN3S. The van der Waals surface area contributed by atoms with E-state index >= 15 is 0 Å². The van der Waals surface area contributed by atoms with Crippen molar-refractivity contribution in [1.29, 1.82) is 0 Å². The van der Waals surface area contributed by atoms with E-state index < -0.39 is 0 Å². The van der Waals surface area contributed by atoms with Crippen molar-refractivity contribution in [2.24, 2.45) is 0 Å². The van der Waals surface area contributed by atoms with Crippen molar-refractivity contribution in [1.82, 2.24) is 9.55 Å². The Morgan fingerprint density at radius 3 is 2.83 bits per heavy atom. The summed E-state index contributed by atoms with van der Waals surface area (Å²) in [7, 11) is 0. The number of anilines is 1. The Hall–Kier alpha value is -0.500. The summed E-state index contributed by atoms with van der Waals surface area (Å²) in [6, 6.07) is 3.67. The molecule has 0 bridgehead atoms. The number of nitrogens with zero attached hydrogens (tertiary/aromatic N) is 2. The molecule has 1 aromatic carbocycles. The standard InChI is InChI=1S/C12H13FIN3S/c13-8-5-11-10(6-9(8)14)16-12(15)17(11)7-1-3-18-4-2-7/h5-7H,1-4H2,(H2,15,16). The maximum absolute atomic E-state index is 13.7. The number of rotatable bonds is 1. The molecule has 0 unspecified atom stereocenters. The van der Waals surface area contributed by atoms with Crippen molar-refractivity contribution in [3.63, 3.8) is 0 Å². The number of nitrogen functional groups attached to an aromatic ring is 1. The first-order valence-electron chi connectivity index (χ1n) is 5.87. The summed E-state index contributed by atoms with van der Waals surface area (Å²) in [6.07, 6.45) is 2.15. The van der Waals surface area contributed by atoms with Crippen LogP contribution in [0.25, 0.3) is 11.0 Å². The van der Waals surface area contributed by atoms with Crippen LogP contribution in [0, 0.1) is 9.39 Å². The lowest BCUT2D eigenvalue weighted by Crippen LogP contribution is -2.17. The Balaban J connectivity index is 2.15. The third-order valence-electron chi connectivity index (χ3n) is 3.31. The van der Waals surface area contributed by atoms with Crippen LogP contribution in [-0.4, -0.2) is 21.1 Å². The fourth-order valence-electron chi connectivity index (χ4n) is 2.44. The van der Waals surface area contributed by atoms with Crippen LogP contribution in [0.4, 0.5) is 10.3 Å². The Kier molecular flexibility index (Phi) is 3.40. The van der Waals surface area contributed by atoms with Gasteiger partial charge in [0.1, 0.15) is 5.82 Å². The first kappa shape index (κ1) is 12.5. The smallest absolute Gasteiger partial charge is 0.201 e. The van der Waals surface area contributed by atoms with Crippen LogP contribution in [0.1, 0.15) is 18.9 Å². The molecule has 96 valence electrons. The normalized spacial score (nSPS) is 17.4. The molecule has 18 heavy (non-hydrogen) atoms. The van der Waals surface area contributed by atoms with Gasteiger partial charge in [0.25, 0.3) is 0 Å². The molecule has 1 aliphatic heterocycles. The van der Waals surface area contributed by atoms with E-state index in [0.717, 1.165) is 35.4 Å². The number of fused-ring (bicyclic) bond motifs is 1.